The predicted octanol–water partition coefficient (Wildman–Crippen LogP) is 0.532. The van der Waals surface area contributed by atoms with Crippen LogP contribution in [0.25, 0.3) is 0 Å². The van der Waals surface area contributed by atoms with Crippen molar-refractivity contribution in [1.29, 1.82) is 0 Å². The van der Waals surface area contributed by atoms with Crippen molar-refractivity contribution in [2.45, 2.75) is 24.3 Å². The fourth-order valence-corrected chi connectivity index (χ4v) is 3.09. The van der Waals surface area contributed by atoms with E-state index in [1.54, 1.807) is 0 Å². The maximum absolute atomic E-state index is 12.4. The summed E-state index contributed by atoms with van der Waals surface area (Å²) in [5.74, 6) is -3.85. The number of fused-ring (bicyclic) bond motifs is 1. The first-order chi connectivity index (χ1) is 14.0. The Labute approximate surface area is 167 Å². The van der Waals surface area contributed by atoms with E-state index in [1.165, 1.54) is 24.3 Å². The van der Waals surface area contributed by atoms with E-state index in [2.05, 4.69) is 5.32 Å². The Morgan fingerprint density at radius 1 is 1.30 bits per heavy atom. The fourth-order valence-electron chi connectivity index (χ4n) is 3.09. The van der Waals surface area contributed by atoms with E-state index < -0.39 is 53.5 Å². The summed E-state index contributed by atoms with van der Waals surface area (Å²) >= 11 is 0. The molecule has 160 valence electrons. The van der Waals surface area contributed by atoms with Gasteiger partial charge in [0.2, 0.25) is 5.91 Å². The van der Waals surface area contributed by atoms with Gasteiger partial charge in [-0.15, -0.1) is 0 Å². The van der Waals surface area contributed by atoms with E-state index in [-0.39, 0.29) is 18.4 Å². The molecule has 1 aromatic rings. The van der Waals surface area contributed by atoms with Gasteiger partial charge < -0.3 is 26.0 Å². The van der Waals surface area contributed by atoms with Crippen molar-refractivity contribution in [2.24, 2.45) is 5.73 Å². The van der Waals surface area contributed by atoms with Crippen LogP contribution < -0.4 is 11.1 Å². The molecule has 3 atom stereocenters. The number of halogens is 3. The molecule has 30 heavy (non-hydrogen) atoms. The number of phenolic OH excluding ortho intramolecular Hbond substituents is 1. The Bertz CT molecular complexity index is 941. The third kappa shape index (κ3) is 4.08. The third-order valence-electron chi connectivity index (χ3n) is 4.56. The van der Waals surface area contributed by atoms with Crippen LogP contribution in [0.5, 0.6) is 5.75 Å². The number of carbonyl (C=O) groups is 3. The van der Waals surface area contributed by atoms with Crippen LogP contribution >= 0.6 is 0 Å². The summed E-state index contributed by atoms with van der Waals surface area (Å²) in [6.07, 6.45) is -4.47. The summed E-state index contributed by atoms with van der Waals surface area (Å²) in [4.78, 5) is 37.1. The minimum absolute atomic E-state index is 0.0288. The number of rotatable bonds is 5. The van der Waals surface area contributed by atoms with Gasteiger partial charge in [0, 0.05) is 6.08 Å². The van der Waals surface area contributed by atoms with E-state index in [9.17, 15) is 37.8 Å². The van der Waals surface area contributed by atoms with Gasteiger partial charge in [0.15, 0.2) is 11.5 Å². The SMILES string of the molecule is N[C@@H](C(=O)N[C@@H]1C(=O)N2C(C(=O)O)=C(/C=C/C(F)(F)F)OC[C@H]12)c1ccc(O)cc1. The first-order valence-electron chi connectivity index (χ1n) is 8.54. The molecule has 1 fully saturated rings. The number of ether oxygens (including phenoxy) is 1. The number of nitrogens with one attached hydrogen (secondary N) is 1. The fraction of sp³-hybridized carbons (Fsp3) is 0.278. The average molecular weight is 427 g/mol. The molecule has 0 aromatic heterocycles. The molecule has 0 spiro atoms. The highest BCUT2D eigenvalue weighted by atomic mass is 19.4. The second kappa shape index (κ2) is 7.71. The van der Waals surface area contributed by atoms with E-state index in [0.717, 1.165) is 4.90 Å². The van der Waals surface area contributed by atoms with Crippen LogP contribution in [0.3, 0.4) is 0 Å². The zero-order valence-corrected chi connectivity index (χ0v) is 15.1. The van der Waals surface area contributed by atoms with E-state index in [0.29, 0.717) is 11.6 Å². The van der Waals surface area contributed by atoms with Gasteiger partial charge in [-0.25, -0.2) is 4.79 Å². The Hall–Kier alpha value is -3.54. The van der Waals surface area contributed by atoms with Crippen molar-refractivity contribution in [3.63, 3.8) is 0 Å². The number of phenols is 1. The minimum atomic E-state index is -4.70. The number of allylic oxidation sites excluding steroid dienone is 2. The molecule has 0 aliphatic carbocycles. The number of alkyl halides is 3. The Morgan fingerprint density at radius 2 is 1.93 bits per heavy atom. The number of carboxylic acids is 1. The van der Waals surface area contributed by atoms with Crippen LogP contribution in [0.1, 0.15) is 11.6 Å². The molecular formula is C18H16F3N3O6. The molecule has 0 unspecified atom stereocenters. The molecule has 5 N–H and O–H groups in total. The van der Waals surface area contributed by atoms with Gasteiger partial charge in [0.05, 0.1) is 0 Å². The van der Waals surface area contributed by atoms with Crippen molar-refractivity contribution in [1.82, 2.24) is 10.2 Å². The highest BCUT2D eigenvalue weighted by Crippen LogP contribution is 2.34. The first-order valence-corrected chi connectivity index (χ1v) is 8.54. The maximum Gasteiger partial charge on any atom is 0.409 e. The number of amides is 2. The molecule has 2 aliphatic heterocycles. The van der Waals surface area contributed by atoms with Crippen molar-refractivity contribution < 1.29 is 42.5 Å². The van der Waals surface area contributed by atoms with Crippen LogP contribution in [-0.4, -0.2) is 57.8 Å². The molecule has 1 aromatic carbocycles. The van der Waals surface area contributed by atoms with Gasteiger partial charge >= 0.3 is 12.1 Å². The van der Waals surface area contributed by atoms with Crippen LogP contribution in [0.4, 0.5) is 13.2 Å². The Kier molecular flexibility index (Phi) is 5.44. The number of aromatic hydroxyl groups is 1. The number of nitrogens with two attached hydrogens (primary N) is 1. The van der Waals surface area contributed by atoms with Crippen molar-refractivity contribution in [2.75, 3.05) is 6.61 Å². The van der Waals surface area contributed by atoms with Gasteiger partial charge in [-0.3, -0.25) is 14.5 Å². The summed E-state index contributed by atoms with van der Waals surface area (Å²) in [5, 5.41) is 21.0. The molecule has 2 heterocycles. The van der Waals surface area contributed by atoms with Crippen LogP contribution in [-0.2, 0) is 19.1 Å². The van der Waals surface area contributed by atoms with Gasteiger partial charge in [0.1, 0.15) is 30.5 Å². The summed E-state index contributed by atoms with van der Waals surface area (Å²) in [6.45, 7) is -0.320. The lowest BCUT2D eigenvalue weighted by atomic mass is 9.92. The molecule has 2 amide bonds. The number of benzene rings is 1. The van der Waals surface area contributed by atoms with Gasteiger partial charge in [-0.1, -0.05) is 12.1 Å². The maximum atomic E-state index is 12.4. The second-order valence-electron chi connectivity index (χ2n) is 6.54. The molecule has 2 aliphatic rings. The number of nitrogens with zero attached hydrogens (tertiary/aromatic N) is 1. The van der Waals surface area contributed by atoms with Gasteiger partial charge in [0.25, 0.3) is 5.91 Å². The zero-order chi connectivity index (χ0) is 22.2. The third-order valence-corrected chi connectivity index (χ3v) is 4.56. The Morgan fingerprint density at radius 3 is 2.50 bits per heavy atom. The molecule has 0 bridgehead atoms. The summed E-state index contributed by atoms with van der Waals surface area (Å²) < 4.78 is 42.2. The largest absolute Gasteiger partial charge is 0.508 e. The quantitative estimate of drug-likeness (QED) is 0.502. The second-order valence-corrected chi connectivity index (χ2v) is 6.54. The van der Waals surface area contributed by atoms with Crippen molar-refractivity contribution >= 4 is 17.8 Å². The highest BCUT2D eigenvalue weighted by molar-refractivity contribution is 6.02. The number of hydrogen-bond acceptors (Lipinski definition) is 6. The van der Waals surface area contributed by atoms with Crippen LogP contribution in [0, 0.1) is 0 Å². The van der Waals surface area contributed by atoms with E-state index in [4.69, 9.17) is 10.5 Å². The number of aliphatic carboxylic acids is 1. The number of carboxylic acid groups (broad SMARTS) is 1. The number of hydrogen-bond donors (Lipinski definition) is 4. The molecule has 3 rings (SSSR count). The standard InChI is InChI=1S/C18H16F3N3O6/c19-18(20,21)6-5-11-14(17(28)29)24-10(7-30-11)13(16(24)27)23-15(26)12(22)8-1-3-9(25)4-2-8/h1-6,10,12-13,25H,7,22H2,(H,23,26)(H,28,29)/b6-5+/t10-,12-,13+/m1/s1. The van der Waals surface area contributed by atoms with Gasteiger partial charge in [-0.2, -0.15) is 13.2 Å². The summed E-state index contributed by atoms with van der Waals surface area (Å²) in [7, 11) is 0. The molecule has 12 heteroatoms. The number of carbonyl (C=O) groups excluding carboxylic acids is 2. The Balaban J connectivity index is 1.75. The first kappa shape index (κ1) is 21.2. The average Bonchev–Trinajstić information content (AvgIpc) is 2.68. The highest BCUT2D eigenvalue weighted by Gasteiger charge is 2.54. The van der Waals surface area contributed by atoms with Crippen LogP contribution in [0.2, 0.25) is 0 Å². The summed E-state index contributed by atoms with van der Waals surface area (Å²) in [5.41, 5.74) is 5.45. The molecular weight excluding hydrogens is 411 g/mol. The smallest absolute Gasteiger partial charge is 0.409 e. The van der Waals surface area contributed by atoms with Gasteiger partial charge in [-0.05, 0) is 23.8 Å². The summed E-state index contributed by atoms with van der Waals surface area (Å²) in [6, 6.07) is 2.26. The van der Waals surface area contributed by atoms with Crippen LogP contribution in [0.15, 0.2) is 47.9 Å². The van der Waals surface area contributed by atoms with E-state index >= 15 is 0 Å². The zero-order valence-electron chi connectivity index (χ0n) is 15.1. The topological polar surface area (TPSA) is 142 Å². The predicted molar refractivity (Wildman–Crippen MR) is 93.4 cm³/mol. The lowest BCUT2D eigenvalue weighted by molar-refractivity contribution is -0.160. The number of β-lactam (4-membered cyclic amide) rings is 1. The lowest BCUT2D eigenvalue weighted by Crippen LogP contribution is -2.73. The molecule has 9 nitrogen and oxygen atoms in total. The molecule has 0 radical (unpaired) electrons. The monoisotopic (exact) mass is 427 g/mol. The minimum Gasteiger partial charge on any atom is -0.508 e. The van der Waals surface area contributed by atoms with E-state index in [1.807, 2.05) is 0 Å². The van der Waals surface area contributed by atoms with Crippen molar-refractivity contribution in [3.8, 4) is 5.75 Å². The van der Waals surface area contributed by atoms with Crippen molar-refractivity contribution in [3.05, 3.63) is 53.4 Å². The molecule has 0 saturated carbocycles. The molecule has 1 saturated heterocycles. The normalized spacial score (nSPS) is 22.3. The lowest BCUT2D eigenvalue weighted by Gasteiger charge is -2.49.